The van der Waals surface area contributed by atoms with Gasteiger partial charge in [0.05, 0.1) is 0 Å². The molecule has 0 atom stereocenters. The van der Waals surface area contributed by atoms with Gasteiger partial charge in [-0.3, -0.25) is 0 Å². The molecular weight excluding hydrogens is 120 g/mol. The fraction of sp³-hybridized carbons (Fsp3) is 0.800. The minimum atomic E-state index is 0.983. The van der Waals surface area contributed by atoms with Crippen LogP contribution in [-0.4, -0.2) is 0 Å². The quantitative estimate of drug-likeness (QED) is 0.413. The molecule has 0 radical (unpaired) electrons. The summed E-state index contributed by atoms with van der Waals surface area (Å²) in [7, 11) is 0. The van der Waals surface area contributed by atoms with Crippen molar-refractivity contribution in [3.63, 3.8) is 0 Å². The van der Waals surface area contributed by atoms with E-state index in [1.807, 2.05) is 0 Å². The van der Waals surface area contributed by atoms with Gasteiger partial charge in [-0.25, -0.2) is 0 Å². The fourth-order valence-corrected chi connectivity index (χ4v) is 1.79. The van der Waals surface area contributed by atoms with Gasteiger partial charge in [0.15, 0.2) is 0 Å². The van der Waals surface area contributed by atoms with Crippen LogP contribution in [0.4, 0.5) is 0 Å². The lowest BCUT2D eigenvalue weighted by Crippen LogP contribution is -1.91. The zero-order valence-electron chi connectivity index (χ0n) is 6.60. The summed E-state index contributed by atoms with van der Waals surface area (Å²) in [4.78, 5) is 0. The normalized spacial score (nSPS) is 19.1. The Labute approximate surface area is 64.0 Å². The average Bonchev–Trinajstić information content (AvgIpc) is 2.41. The van der Waals surface area contributed by atoms with Crippen molar-refractivity contribution in [1.82, 2.24) is 0 Å². The van der Waals surface area contributed by atoms with Crippen LogP contribution in [0.3, 0.4) is 0 Å². The molecule has 56 valence electrons. The topological polar surface area (TPSA) is 0 Å². The van der Waals surface area contributed by atoms with Gasteiger partial charge in [0.2, 0.25) is 0 Å². The molecule has 0 amide bonds. The Bertz CT molecular complexity index is 112. The van der Waals surface area contributed by atoms with E-state index in [1.165, 1.54) is 38.5 Å². The van der Waals surface area contributed by atoms with E-state index in [0.29, 0.717) is 0 Å². The summed E-state index contributed by atoms with van der Waals surface area (Å²) in [6, 6.07) is 0. The molecule has 0 aromatic carbocycles. The highest BCUT2D eigenvalue weighted by Crippen LogP contribution is 2.28. The number of hydrogen-bond acceptors (Lipinski definition) is 0. The Hall–Kier alpha value is -0.440. The molecule has 1 saturated carbocycles. The third-order valence-corrected chi connectivity index (χ3v) is 2.41. The van der Waals surface area contributed by atoms with Crippen LogP contribution in [0.15, 0.2) is 0 Å². The van der Waals surface area contributed by atoms with Crippen molar-refractivity contribution in [1.29, 1.82) is 0 Å². The van der Waals surface area contributed by atoms with E-state index >= 15 is 0 Å². The minimum Gasteiger partial charge on any atom is -0.120 e. The highest BCUT2D eigenvalue weighted by Gasteiger charge is 2.13. The van der Waals surface area contributed by atoms with Gasteiger partial charge in [0, 0.05) is 6.42 Å². The Kier molecular flexibility index (Phi) is 3.36. The summed E-state index contributed by atoms with van der Waals surface area (Å²) in [5.74, 6) is 3.71. The predicted molar refractivity (Wildman–Crippen MR) is 44.6 cm³/mol. The lowest BCUT2D eigenvalue weighted by molar-refractivity contribution is 0.488. The van der Waals surface area contributed by atoms with Crippen molar-refractivity contribution >= 4 is 0 Å². The first-order valence-electron chi connectivity index (χ1n) is 4.37. The summed E-state index contributed by atoms with van der Waals surface area (Å²) in [5.41, 5.74) is 0. The van der Waals surface area contributed by atoms with Crippen LogP contribution in [0.25, 0.3) is 0 Å². The van der Waals surface area contributed by atoms with Crippen molar-refractivity contribution < 1.29 is 0 Å². The van der Waals surface area contributed by atoms with Crippen molar-refractivity contribution in [3.8, 4) is 12.3 Å². The zero-order chi connectivity index (χ0) is 7.23. The molecule has 1 rings (SSSR count). The first-order chi connectivity index (χ1) is 4.93. The van der Waals surface area contributed by atoms with E-state index in [9.17, 15) is 0 Å². The monoisotopic (exact) mass is 136 g/mol. The molecule has 0 N–H and O–H groups in total. The summed E-state index contributed by atoms with van der Waals surface area (Å²) in [5, 5.41) is 0. The number of hydrogen-bond donors (Lipinski definition) is 0. The lowest BCUT2D eigenvalue weighted by atomic mass is 10.0. The molecule has 0 bridgehead atoms. The summed E-state index contributed by atoms with van der Waals surface area (Å²) >= 11 is 0. The molecule has 1 fully saturated rings. The van der Waals surface area contributed by atoms with Gasteiger partial charge in [0.1, 0.15) is 0 Å². The maximum atomic E-state index is 5.16. The Morgan fingerprint density at radius 2 is 2.00 bits per heavy atom. The summed E-state index contributed by atoms with van der Waals surface area (Å²) in [6.07, 6.45) is 14.6. The van der Waals surface area contributed by atoms with Gasteiger partial charge in [-0.15, -0.1) is 12.3 Å². The molecule has 1 aliphatic rings. The fourth-order valence-electron chi connectivity index (χ4n) is 1.79. The molecule has 0 nitrogen and oxygen atoms in total. The van der Waals surface area contributed by atoms with E-state index in [0.717, 1.165) is 12.3 Å². The van der Waals surface area contributed by atoms with Gasteiger partial charge in [0.25, 0.3) is 0 Å². The molecule has 0 heterocycles. The van der Waals surface area contributed by atoms with E-state index in [2.05, 4.69) is 5.92 Å². The molecular formula is C10H16. The molecule has 0 heteroatoms. The third kappa shape index (κ3) is 2.43. The van der Waals surface area contributed by atoms with E-state index < -0.39 is 0 Å². The third-order valence-electron chi connectivity index (χ3n) is 2.41. The van der Waals surface area contributed by atoms with Gasteiger partial charge in [-0.05, 0) is 18.8 Å². The summed E-state index contributed by atoms with van der Waals surface area (Å²) < 4.78 is 0. The van der Waals surface area contributed by atoms with Crippen LogP contribution in [0, 0.1) is 18.3 Å². The number of unbranched alkanes of at least 4 members (excludes halogenated alkanes) is 1. The molecule has 1 aliphatic carbocycles. The standard InChI is InChI=1S/C10H16/c1-2-3-4-7-10-8-5-6-9-10/h1,10H,3-9H2. The van der Waals surface area contributed by atoms with Gasteiger partial charge in [-0.2, -0.15) is 0 Å². The highest BCUT2D eigenvalue weighted by atomic mass is 14.2. The van der Waals surface area contributed by atoms with Gasteiger partial charge < -0.3 is 0 Å². The van der Waals surface area contributed by atoms with Crippen LogP contribution in [0.1, 0.15) is 44.9 Å². The van der Waals surface area contributed by atoms with Crippen molar-refractivity contribution in [3.05, 3.63) is 0 Å². The highest BCUT2D eigenvalue weighted by molar-refractivity contribution is 4.83. The molecule has 0 saturated heterocycles. The number of rotatable bonds is 3. The SMILES string of the molecule is C#CCCCC1CCCC1. The predicted octanol–water partition coefficient (Wildman–Crippen LogP) is 2.98. The summed E-state index contributed by atoms with van der Waals surface area (Å²) in [6.45, 7) is 0. The van der Waals surface area contributed by atoms with E-state index in [4.69, 9.17) is 6.42 Å². The minimum absolute atomic E-state index is 0.983. The maximum Gasteiger partial charge on any atom is 0.00861 e. The van der Waals surface area contributed by atoms with Crippen molar-refractivity contribution in [2.24, 2.45) is 5.92 Å². The molecule has 10 heavy (non-hydrogen) atoms. The first kappa shape index (κ1) is 7.66. The number of terminal acetylenes is 1. The second-order valence-corrected chi connectivity index (χ2v) is 3.25. The van der Waals surface area contributed by atoms with Gasteiger partial charge in [-0.1, -0.05) is 25.7 Å². The van der Waals surface area contributed by atoms with Crippen LogP contribution in [-0.2, 0) is 0 Å². The van der Waals surface area contributed by atoms with Crippen molar-refractivity contribution in [2.45, 2.75) is 44.9 Å². The van der Waals surface area contributed by atoms with Crippen LogP contribution < -0.4 is 0 Å². The van der Waals surface area contributed by atoms with Crippen LogP contribution in [0.5, 0.6) is 0 Å². The average molecular weight is 136 g/mol. The van der Waals surface area contributed by atoms with Crippen LogP contribution >= 0.6 is 0 Å². The van der Waals surface area contributed by atoms with Crippen molar-refractivity contribution in [2.75, 3.05) is 0 Å². The van der Waals surface area contributed by atoms with E-state index in [1.54, 1.807) is 0 Å². The molecule has 0 unspecified atom stereocenters. The Morgan fingerprint density at radius 1 is 1.30 bits per heavy atom. The smallest absolute Gasteiger partial charge is 0.00861 e. The lowest BCUT2D eigenvalue weighted by Gasteiger charge is -2.05. The molecule has 0 aromatic heterocycles. The largest absolute Gasteiger partial charge is 0.120 e. The zero-order valence-corrected chi connectivity index (χ0v) is 6.60. The van der Waals surface area contributed by atoms with E-state index in [-0.39, 0.29) is 0 Å². The first-order valence-corrected chi connectivity index (χ1v) is 4.37. The second kappa shape index (κ2) is 4.39. The van der Waals surface area contributed by atoms with Gasteiger partial charge >= 0.3 is 0 Å². The Morgan fingerprint density at radius 3 is 2.60 bits per heavy atom. The Balaban J connectivity index is 1.97. The second-order valence-electron chi connectivity index (χ2n) is 3.25. The molecule has 0 aliphatic heterocycles. The maximum absolute atomic E-state index is 5.16. The van der Waals surface area contributed by atoms with Crippen LogP contribution in [0.2, 0.25) is 0 Å². The molecule has 0 spiro atoms. The molecule has 0 aromatic rings.